The van der Waals surface area contributed by atoms with E-state index in [4.69, 9.17) is 10.6 Å². The van der Waals surface area contributed by atoms with Crippen molar-refractivity contribution in [2.75, 3.05) is 13.1 Å². The van der Waals surface area contributed by atoms with Crippen molar-refractivity contribution < 1.29 is 28.8 Å². The Morgan fingerprint density at radius 2 is 1.75 bits per heavy atom. The maximum absolute atomic E-state index is 12.3. The largest absolute Gasteiger partial charge is 0.336 e. The first-order chi connectivity index (χ1) is 13.4. The number of nitrogens with two attached hydrogens (primary N) is 1. The van der Waals surface area contributed by atoms with E-state index in [0.29, 0.717) is 30.7 Å². The van der Waals surface area contributed by atoms with Crippen molar-refractivity contribution in [1.82, 2.24) is 9.96 Å². The van der Waals surface area contributed by atoms with Crippen LogP contribution in [-0.4, -0.2) is 52.7 Å². The third-order valence-electron chi connectivity index (χ3n) is 5.14. The van der Waals surface area contributed by atoms with Crippen molar-refractivity contribution in [2.45, 2.75) is 38.5 Å². The Balaban J connectivity index is 1.49. The van der Waals surface area contributed by atoms with E-state index in [1.54, 1.807) is 0 Å². The first-order valence-electron chi connectivity index (χ1n) is 9.24. The SMILES string of the molecule is NCC#CC1=CC(=O)N(CC2CCC(C(=O)ON3C(=O)CCC3=O)CC2)C1=O. The maximum atomic E-state index is 12.3. The molecule has 2 aliphatic heterocycles. The van der Waals surface area contributed by atoms with Crippen molar-refractivity contribution in [1.29, 1.82) is 0 Å². The molecule has 2 N–H and O–H groups in total. The highest BCUT2D eigenvalue weighted by Gasteiger charge is 2.37. The van der Waals surface area contributed by atoms with E-state index in [1.807, 2.05) is 0 Å². The summed E-state index contributed by atoms with van der Waals surface area (Å²) in [6, 6.07) is 0. The van der Waals surface area contributed by atoms with Gasteiger partial charge < -0.3 is 10.6 Å². The minimum Gasteiger partial charge on any atom is -0.330 e. The quantitative estimate of drug-likeness (QED) is 0.516. The lowest BCUT2D eigenvalue weighted by Gasteiger charge is -2.29. The van der Waals surface area contributed by atoms with Crippen molar-refractivity contribution >= 4 is 29.6 Å². The second-order valence-electron chi connectivity index (χ2n) is 7.03. The standard InChI is InChI=1S/C19H21N3O6/c20-9-1-2-14-10-17(25)21(18(14)26)11-12-3-5-13(6-4-12)19(27)28-22-15(23)7-8-16(22)24/h10,12-13H,3-9,11,20H2. The van der Waals surface area contributed by atoms with Crippen LogP contribution in [-0.2, 0) is 28.8 Å². The van der Waals surface area contributed by atoms with Gasteiger partial charge in [0.15, 0.2) is 0 Å². The number of nitrogens with zero attached hydrogens (tertiary/aromatic N) is 2. The van der Waals surface area contributed by atoms with Gasteiger partial charge in [-0.1, -0.05) is 11.8 Å². The van der Waals surface area contributed by atoms with Crippen LogP contribution in [0.2, 0.25) is 0 Å². The second-order valence-corrected chi connectivity index (χ2v) is 7.03. The number of amides is 4. The van der Waals surface area contributed by atoms with Crippen LogP contribution < -0.4 is 5.73 Å². The van der Waals surface area contributed by atoms with E-state index < -0.39 is 29.6 Å². The number of rotatable bonds is 4. The highest BCUT2D eigenvalue weighted by Crippen LogP contribution is 2.31. The Labute approximate surface area is 161 Å². The zero-order valence-corrected chi connectivity index (χ0v) is 15.3. The smallest absolute Gasteiger partial charge is 0.330 e. The van der Waals surface area contributed by atoms with Gasteiger partial charge in [-0.3, -0.25) is 24.1 Å². The Kier molecular flexibility index (Phi) is 5.90. The molecule has 0 spiro atoms. The molecule has 0 aromatic carbocycles. The molecule has 9 heteroatoms. The third kappa shape index (κ3) is 4.12. The molecular formula is C19H21N3O6. The zero-order chi connectivity index (χ0) is 20.3. The minimum atomic E-state index is -0.587. The Hall–Kier alpha value is -2.99. The van der Waals surface area contributed by atoms with Crippen LogP contribution in [0.25, 0.3) is 0 Å². The normalized spacial score (nSPS) is 25.0. The summed E-state index contributed by atoms with van der Waals surface area (Å²) in [5.41, 5.74) is 5.43. The van der Waals surface area contributed by atoms with Gasteiger partial charge in [-0.15, -0.1) is 5.06 Å². The molecule has 4 amide bonds. The van der Waals surface area contributed by atoms with Gasteiger partial charge in [-0.25, -0.2) is 4.79 Å². The summed E-state index contributed by atoms with van der Waals surface area (Å²) in [4.78, 5) is 65.8. The number of carbonyl (C=O) groups is 5. The molecule has 9 nitrogen and oxygen atoms in total. The average molecular weight is 387 g/mol. The lowest BCUT2D eigenvalue weighted by atomic mass is 9.82. The number of imide groups is 2. The van der Waals surface area contributed by atoms with Crippen LogP contribution in [0.4, 0.5) is 0 Å². The Morgan fingerprint density at radius 3 is 2.36 bits per heavy atom. The molecule has 3 aliphatic rings. The molecule has 0 aromatic rings. The Bertz CT molecular complexity index is 797. The van der Waals surface area contributed by atoms with Crippen molar-refractivity contribution in [2.24, 2.45) is 17.6 Å². The lowest BCUT2D eigenvalue weighted by molar-refractivity contribution is -0.201. The summed E-state index contributed by atoms with van der Waals surface area (Å²) in [7, 11) is 0. The van der Waals surface area contributed by atoms with E-state index in [1.165, 1.54) is 11.0 Å². The fourth-order valence-electron chi connectivity index (χ4n) is 3.58. The van der Waals surface area contributed by atoms with Gasteiger partial charge in [-0.2, -0.15) is 0 Å². The minimum absolute atomic E-state index is 0.0580. The van der Waals surface area contributed by atoms with Crippen LogP contribution in [0.5, 0.6) is 0 Å². The number of carbonyl (C=O) groups excluding carboxylic acids is 5. The predicted octanol–water partition coefficient (Wildman–Crippen LogP) is -0.343. The molecule has 3 rings (SSSR count). The fourth-order valence-corrected chi connectivity index (χ4v) is 3.58. The van der Waals surface area contributed by atoms with Gasteiger partial charge in [0.1, 0.15) is 0 Å². The summed E-state index contributed by atoms with van der Waals surface area (Å²) in [5.74, 6) is 2.44. The predicted molar refractivity (Wildman–Crippen MR) is 94.3 cm³/mol. The molecule has 1 saturated carbocycles. The van der Waals surface area contributed by atoms with Crippen LogP contribution in [0, 0.1) is 23.7 Å². The number of hydrogen-bond acceptors (Lipinski definition) is 7. The van der Waals surface area contributed by atoms with Gasteiger partial charge in [-0.05, 0) is 31.6 Å². The summed E-state index contributed by atoms with van der Waals surface area (Å²) >= 11 is 0. The monoisotopic (exact) mass is 387 g/mol. The third-order valence-corrected chi connectivity index (χ3v) is 5.14. The molecule has 1 aliphatic carbocycles. The summed E-state index contributed by atoms with van der Waals surface area (Å²) < 4.78 is 0. The van der Waals surface area contributed by atoms with Gasteiger partial charge >= 0.3 is 5.97 Å². The van der Waals surface area contributed by atoms with Crippen molar-refractivity contribution in [3.63, 3.8) is 0 Å². The van der Waals surface area contributed by atoms with E-state index in [9.17, 15) is 24.0 Å². The van der Waals surface area contributed by atoms with Crippen LogP contribution >= 0.6 is 0 Å². The molecule has 2 fully saturated rings. The molecular weight excluding hydrogens is 366 g/mol. The fraction of sp³-hybridized carbons (Fsp3) is 0.526. The van der Waals surface area contributed by atoms with Gasteiger partial charge in [0.2, 0.25) is 0 Å². The van der Waals surface area contributed by atoms with E-state index in [0.717, 1.165) is 0 Å². The second kappa shape index (κ2) is 8.35. The summed E-state index contributed by atoms with van der Waals surface area (Å²) in [6.45, 7) is 0.375. The molecule has 2 heterocycles. The van der Waals surface area contributed by atoms with E-state index in [-0.39, 0.29) is 43.3 Å². The van der Waals surface area contributed by atoms with E-state index in [2.05, 4.69) is 11.8 Å². The Morgan fingerprint density at radius 1 is 1.11 bits per heavy atom. The van der Waals surface area contributed by atoms with Crippen LogP contribution in [0.15, 0.2) is 11.6 Å². The molecule has 148 valence electrons. The topological polar surface area (TPSA) is 127 Å². The maximum Gasteiger partial charge on any atom is 0.336 e. The molecule has 1 saturated heterocycles. The molecule has 0 radical (unpaired) electrons. The summed E-state index contributed by atoms with van der Waals surface area (Å²) in [5, 5.41) is 0.561. The summed E-state index contributed by atoms with van der Waals surface area (Å²) in [6.07, 6.45) is 3.60. The van der Waals surface area contributed by atoms with Crippen molar-refractivity contribution in [3.05, 3.63) is 11.6 Å². The highest BCUT2D eigenvalue weighted by atomic mass is 16.7. The van der Waals surface area contributed by atoms with E-state index >= 15 is 0 Å². The van der Waals surface area contributed by atoms with Gasteiger partial charge in [0.25, 0.3) is 23.6 Å². The highest BCUT2D eigenvalue weighted by molar-refractivity contribution is 6.18. The van der Waals surface area contributed by atoms with Crippen molar-refractivity contribution in [3.8, 4) is 11.8 Å². The molecule has 0 aromatic heterocycles. The average Bonchev–Trinajstić information content (AvgIpc) is 3.14. The molecule has 0 unspecified atom stereocenters. The first kappa shape index (κ1) is 19.8. The lowest BCUT2D eigenvalue weighted by Crippen LogP contribution is -2.38. The zero-order valence-electron chi connectivity index (χ0n) is 15.3. The van der Waals surface area contributed by atoms with Gasteiger partial charge in [0, 0.05) is 25.5 Å². The molecule has 28 heavy (non-hydrogen) atoms. The van der Waals surface area contributed by atoms with Crippen LogP contribution in [0.3, 0.4) is 0 Å². The number of hydroxylamine groups is 2. The van der Waals surface area contributed by atoms with Crippen LogP contribution in [0.1, 0.15) is 38.5 Å². The number of hydrogen-bond donors (Lipinski definition) is 1. The first-order valence-corrected chi connectivity index (χ1v) is 9.24. The molecule has 0 bridgehead atoms. The molecule has 0 atom stereocenters. The van der Waals surface area contributed by atoms with Gasteiger partial charge in [0.05, 0.1) is 18.0 Å².